The van der Waals surface area contributed by atoms with E-state index in [1.165, 1.54) is 0 Å². The summed E-state index contributed by atoms with van der Waals surface area (Å²) in [4.78, 5) is 11.4. The molecule has 0 heterocycles. The van der Waals surface area contributed by atoms with Gasteiger partial charge in [-0.3, -0.25) is 0 Å². The predicted octanol–water partition coefficient (Wildman–Crippen LogP) is 1.92. The predicted molar refractivity (Wildman–Crippen MR) is 80.6 cm³/mol. The van der Waals surface area contributed by atoms with Crippen molar-refractivity contribution in [2.75, 3.05) is 26.8 Å². The molecule has 0 saturated carbocycles. The largest absolute Gasteiger partial charge is 0.444 e. The molecule has 2 N–H and O–H groups in total. The Bertz CT molecular complexity index is 305. The van der Waals surface area contributed by atoms with Crippen LogP contribution in [0.3, 0.4) is 0 Å². The van der Waals surface area contributed by atoms with E-state index in [1.54, 1.807) is 7.11 Å². The van der Waals surface area contributed by atoms with Crippen molar-refractivity contribution >= 4 is 6.09 Å². The average Bonchev–Trinajstić information content (AvgIpc) is 2.32. The van der Waals surface area contributed by atoms with E-state index in [1.807, 2.05) is 20.8 Å². The van der Waals surface area contributed by atoms with Crippen molar-refractivity contribution in [3.05, 3.63) is 0 Å². The number of amides is 1. The summed E-state index contributed by atoms with van der Waals surface area (Å²) in [5.41, 5.74) is -0.459. The van der Waals surface area contributed by atoms with Gasteiger partial charge in [-0.2, -0.15) is 0 Å². The molecule has 1 unspecified atom stereocenters. The number of methoxy groups -OCH3 is 1. The van der Waals surface area contributed by atoms with Crippen molar-refractivity contribution in [2.45, 2.75) is 51.7 Å². The highest BCUT2D eigenvalue weighted by atomic mass is 16.6. The summed E-state index contributed by atoms with van der Waals surface area (Å²) in [6.07, 6.45) is 7.31. The number of carbonyl (C=O) groups is 1. The van der Waals surface area contributed by atoms with Gasteiger partial charge in [0.05, 0.1) is 6.61 Å². The number of rotatable bonds is 9. The SMILES string of the molecule is C#CCCNC(CCCNC(=O)OC(C)(C)C)COC. The fourth-order valence-electron chi connectivity index (χ4n) is 1.65. The van der Waals surface area contributed by atoms with Crippen molar-refractivity contribution in [3.8, 4) is 12.3 Å². The first-order valence-corrected chi connectivity index (χ1v) is 7.01. The second-order valence-electron chi connectivity index (χ2n) is 5.63. The summed E-state index contributed by atoms with van der Waals surface area (Å²) >= 11 is 0. The lowest BCUT2D eigenvalue weighted by Gasteiger charge is -2.20. The molecule has 5 heteroatoms. The van der Waals surface area contributed by atoms with E-state index in [9.17, 15) is 4.79 Å². The minimum absolute atomic E-state index is 0.258. The van der Waals surface area contributed by atoms with Gasteiger partial charge >= 0.3 is 6.09 Å². The number of hydrogen-bond donors (Lipinski definition) is 2. The van der Waals surface area contributed by atoms with Crippen LogP contribution in [0, 0.1) is 12.3 Å². The van der Waals surface area contributed by atoms with Crippen molar-refractivity contribution in [3.63, 3.8) is 0 Å². The smallest absolute Gasteiger partial charge is 0.407 e. The number of nitrogens with one attached hydrogen (secondary N) is 2. The summed E-state index contributed by atoms with van der Waals surface area (Å²) in [5, 5.41) is 6.08. The molecule has 0 aliphatic heterocycles. The maximum Gasteiger partial charge on any atom is 0.407 e. The lowest BCUT2D eigenvalue weighted by atomic mass is 10.1. The van der Waals surface area contributed by atoms with Gasteiger partial charge in [-0.15, -0.1) is 12.3 Å². The third kappa shape index (κ3) is 11.8. The monoisotopic (exact) mass is 284 g/mol. The molecule has 1 atom stereocenters. The molecule has 0 aliphatic carbocycles. The highest BCUT2D eigenvalue weighted by Gasteiger charge is 2.15. The van der Waals surface area contributed by atoms with Gasteiger partial charge in [-0.25, -0.2) is 4.79 Å². The number of carbonyl (C=O) groups excluding carboxylic acids is 1. The summed E-state index contributed by atoms with van der Waals surface area (Å²) in [6.45, 7) is 7.54. The molecule has 0 aromatic carbocycles. The lowest BCUT2D eigenvalue weighted by molar-refractivity contribution is 0.0526. The molecule has 5 nitrogen and oxygen atoms in total. The molecule has 20 heavy (non-hydrogen) atoms. The average molecular weight is 284 g/mol. The number of ether oxygens (including phenoxy) is 2. The van der Waals surface area contributed by atoms with Gasteiger partial charge in [0, 0.05) is 32.7 Å². The fourth-order valence-corrected chi connectivity index (χ4v) is 1.65. The molecule has 0 aromatic rings. The van der Waals surface area contributed by atoms with Crippen LogP contribution in [0.1, 0.15) is 40.0 Å². The highest BCUT2D eigenvalue weighted by Crippen LogP contribution is 2.06. The van der Waals surface area contributed by atoms with Crippen LogP contribution in [0.25, 0.3) is 0 Å². The molecule has 0 bridgehead atoms. The van der Waals surface area contributed by atoms with Crippen LogP contribution in [-0.2, 0) is 9.47 Å². The Morgan fingerprint density at radius 2 is 2.05 bits per heavy atom. The van der Waals surface area contributed by atoms with Crippen LogP contribution in [0.2, 0.25) is 0 Å². The quantitative estimate of drug-likeness (QED) is 0.502. The number of terminal acetylenes is 1. The summed E-state index contributed by atoms with van der Waals surface area (Å²) in [7, 11) is 1.68. The summed E-state index contributed by atoms with van der Waals surface area (Å²) < 4.78 is 10.3. The Labute approximate surface area is 122 Å². The van der Waals surface area contributed by atoms with E-state index in [0.717, 1.165) is 19.4 Å². The van der Waals surface area contributed by atoms with Crippen LogP contribution in [0.5, 0.6) is 0 Å². The lowest BCUT2D eigenvalue weighted by Crippen LogP contribution is -2.36. The summed E-state index contributed by atoms with van der Waals surface area (Å²) in [5.74, 6) is 2.59. The zero-order valence-corrected chi connectivity index (χ0v) is 13.1. The number of alkyl carbamates (subject to hydrolysis) is 1. The zero-order chi connectivity index (χ0) is 15.4. The molecule has 0 saturated heterocycles. The minimum atomic E-state index is -0.459. The molecule has 0 aromatic heterocycles. The van der Waals surface area contributed by atoms with Gasteiger partial charge in [-0.05, 0) is 33.6 Å². The highest BCUT2D eigenvalue weighted by molar-refractivity contribution is 5.67. The first kappa shape index (κ1) is 18.8. The van der Waals surface area contributed by atoms with E-state index in [4.69, 9.17) is 15.9 Å². The molecule has 1 amide bonds. The van der Waals surface area contributed by atoms with Gasteiger partial charge in [0.2, 0.25) is 0 Å². The standard InChI is InChI=1S/C15H28N2O3/c1-6-7-10-16-13(12-19-5)9-8-11-17-14(18)20-15(2,3)4/h1,13,16H,7-12H2,2-5H3,(H,17,18). The summed E-state index contributed by atoms with van der Waals surface area (Å²) in [6, 6.07) is 0.258. The Hall–Kier alpha value is -1.25. The van der Waals surface area contributed by atoms with Crippen LogP contribution in [0.4, 0.5) is 4.79 Å². The van der Waals surface area contributed by atoms with Crippen LogP contribution >= 0.6 is 0 Å². The third-order valence-electron chi connectivity index (χ3n) is 2.47. The van der Waals surface area contributed by atoms with Crippen molar-refractivity contribution in [1.82, 2.24) is 10.6 Å². The zero-order valence-electron chi connectivity index (χ0n) is 13.1. The molecule has 0 aliphatic rings. The molecular weight excluding hydrogens is 256 g/mol. The van der Waals surface area contributed by atoms with Crippen molar-refractivity contribution in [1.29, 1.82) is 0 Å². The van der Waals surface area contributed by atoms with Gasteiger partial charge < -0.3 is 20.1 Å². The van der Waals surface area contributed by atoms with Gasteiger partial charge in [0.25, 0.3) is 0 Å². The molecule has 0 rings (SSSR count). The maximum absolute atomic E-state index is 11.4. The molecule has 0 fully saturated rings. The Balaban J connectivity index is 3.77. The van der Waals surface area contributed by atoms with E-state index < -0.39 is 5.60 Å². The normalized spacial score (nSPS) is 12.6. The second kappa shape index (κ2) is 10.5. The third-order valence-corrected chi connectivity index (χ3v) is 2.47. The van der Waals surface area contributed by atoms with E-state index in [-0.39, 0.29) is 12.1 Å². The topological polar surface area (TPSA) is 59.6 Å². The minimum Gasteiger partial charge on any atom is -0.444 e. The van der Waals surface area contributed by atoms with Gasteiger partial charge in [0.1, 0.15) is 5.60 Å². The van der Waals surface area contributed by atoms with Gasteiger partial charge in [0.15, 0.2) is 0 Å². The first-order valence-electron chi connectivity index (χ1n) is 7.01. The van der Waals surface area contributed by atoms with Crippen molar-refractivity contribution < 1.29 is 14.3 Å². The Morgan fingerprint density at radius 1 is 1.35 bits per heavy atom. The van der Waals surface area contributed by atoms with Gasteiger partial charge in [-0.1, -0.05) is 0 Å². The molecule has 0 spiro atoms. The first-order chi connectivity index (χ1) is 9.39. The van der Waals surface area contributed by atoms with Crippen LogP contribution in [0.15, 0.2) is 0 Å². The van der Waals surface area contributed by atoms with Crippen molar-refractivity contribution in [2.24, 2.45) is 0 Å². The Morgan fingerprint density at radius 3 is 2.60 bits per heavy atom. The fraction of sp³-hybridized carbons (Fsp3) is 0.800. The molecule has 0 radical (unpaired) electrons. The Kier molecular flexibility index (Phi) is 9.87. The van der Waals surface area contributed by atoms with E-state index in [0.29, 0.717) is 19.6 Å². The van der Waals surface area contributed by atoms with Crippen LogP contribution < -0.4 is 10.6 Å². The van der Waals surface area contributed by atoms with Crippen LogP contribution in [-0.4, -0.2) is 44.5 Å². The van der Waals surface area contributed by atoms with E-state index in [2.05, 4.69) is 16.6 Å². The maximum atomic E-state index is 11.4. The molecule has 116 valence electrons. The molecular formula is C15H28N2O3. The second-order valence-corrected chi connectivity index (χ2v) is 5.63. The number of hydrogen-bond acceptors (Lipinski definition) is 4. The van der Waals surface area contributed by atoms with E-state index >= 15 is 0 Å².